The van der Waals surface area contributed by atoms with Crippen LogP contribution in [0.15, 0.2) is 12.1 Å². The van der Waals surface area contributed by atoms with Crippen molar-refractivity contribution >= 4 is 5.97 Å². The maximum Gasteiger partial charge on any atom is 0.339 e. The number of carbonyl (C=O) groups excluding carboxylic acids is 1. The van der Waals surface area contributed by atoms with E-state index in [-0.39, 0.29) is 6.61 Å². The number of benzene rings is 1. The van der Waals surface area contributed by atoms with Crippen LogP contribution in [0.3, 0.4) is 0 Å². The molecular weight excluding hydrogens is 248 g/mol. The normalized spacial score (nSPS) is 14.9. The number of aryl methyl sites for hydroxylation is 1. The Balaban J connectivity index is 2.35. The van der Waals surface area contributed by atoms with Crippen molar-refractivity contribution in [2.75, 3.05) is 19.8 Å². The molecule has 2 rings (SSSR count). The van der Waals surface area contributed by atoms with Crippen molar-refractivity contribution in [1.29, 1.82) is 0 Å². The van der Waals surface area contributed by atoms with E-state index in [1.165, 1.54) is 0 Å². The van der Waals surface area contributed by atoms with Crippen molar-refractivity contribution in [3.8, 4) is 11.5 Å². The average molecular weight is 266 g/mol. The molecule has 1 heterocycles. The Kier molecular flexibility index (Phi) is 4.27. The summed E-state index contributed by atoms with van der Waals surface area (Å²) in [5.41, 5.74) is 1.37. The topological polar surface area (TPSA) is 65.0 Å². The quantitative estimate of drug-likeness (QED) is 0.839. The lowest BCUT2D eigenvalue weighted by Gasteiger charge is -2.22. The van der Waals surface area contributed by atoms with Gasteiger partial charge in [0.05, 0.1) is 6.61 Å². The summed E-state index contributed by atoms with van der Waals surface area (Å²) >= 11 is 0. The number of fused-ring (bicyclic) bond motifs is 1. The number of esters is 1. The van der Waals surface area contributed by atoms with E-state index in [1.54, 1.807) is 13.0 Å². The Morgan fingerprint density at radius 3 is 2.53 bits per heavy atom. The number of hydrogen-bond donors (Lipinski definition) is 1. The number of aliphatic hydroxyl groups excluding tert-OH is 1. The molecule has 1 aromatic carbocycles. The van der Waals surface area contributed by atoms with Crippen molar-refractivity contribution < 1.29 is 24.1 Å². The minimum atomic E-state index is -1.29. The van der Waals surface area contributed by atoms with E-state index in [2.05, 4.69) is 0 Å². The smallest absolute Gasteiger partial charge is 0.339 e. The first kappa shape index (κ1) is 13.7. The SMILES string of the molecule is CCOC(=O)C(O)c1cc2c(cc1CC)OCCO2. The highest BCUT2D eigenvalue weighted by molar-refractivity contribution is 5.77. The summed E-state index contributed by atoms with van der Waals surface area (Å²) < 4.78 is 15.8. The Morgan fingerprint density at radius 2 is 1.95 bits per heavy atom. The summed E-state index contributed by atoms with van der Waals surface area (Å²) in [5.74, 6) is 0.568. The first-order valence-corrected chi connectivity index (χ1v) is 6.44. The van der Waals surface area contributed by atoms with E-state index < -0.39 is 12.1 Å². The lowest BCUT2D eigenvalue weighted by atomic mass is 9.99. The van der Waals surface area contributed by atoms with Crippen LogP contribution in [0.5, 0.6) is 11.5 Å². The zero-order valence-corrected chi connectivity index (χ0v) is 11.1. The highest BCUT2D eigenvalue weighted by atomic mass is 16.6. The van der Waals surface area contributed by atoms with E-state index in [0.717, 1.165) is 5.56 Å². The zero-order chi connectivity index (χ0) is 13.8. The van der Waals surface area contributed by atoms with Gasteiger partial charge in [-0.05, 0) is 36.6 Å². The van der Waals surface area contributed by atoms with Gasteiger partial charge in [0.1, 0.15) is 13.2 Å². The minimum absolute atomic E-state index is 0.238. The molecule has 0 radical (unpaired) electrons. The third-order valence-corrected chi connectivity index (χ3v) is 2.99. The fraction of sp³-hybridized carbons (Fsp3) is 0.500. The molecule has 1 aliphatic rings. The van der Waals surface area contributed by atoms with Gasteiger partial charge in [-0.25, -0.2) is 4.79 Å². The van der Waals surface area contributed by atoms with Crippen LogP contribution in [-0.2, 0) is 16.0 Å². The van der Waals surface area contributed by atoms with Gasteiger partial charge < -0.3 is 19.3 Å². The lowest BCUT2D eigenvalue weighted by molar-refractivity contribution is -0.153. The molecule has 5 heteroatoms. The van der Waals surface area contributed by atoms with Crippen molar-refractivity contribution in [3.63, 3.8) is 0 Å². The fourth-order valence-corrected chi connectivity index (χ4v) is 2.06. The van der Waals surface area contributed by atoms with Gasteiger partial charge in [-0.15, -0.1) is 0 Å². The Morgan fingerprint density at radius 1 is 1.32 bits per heavy atom. The predicted molar refractivity (Wildman–Crippen MR) is 68.4 cm³/mol. The summed E-state index contributed by atoms with van der Waals surface area (Å²) in [4.78, 5) is 11.6. The zero-order valence-electron chi connectivity index (χ0n) is 11.1. The summed E-state index contributed by atoms with van der Waals surface area (Å²) in [7, 11) is 0. The van der Waals surface area contributed by atoms with E-state index in [9.17, 15) is 9.90 Å². The number of aliphatic hydroxyl groups is 1. The van der Waals surface area contributed by atoms with E-state index in [0.29, 0.717) is 36.7 Å². The van der Waals surface area contributed by atoms with Crippen LogP contribution in [0.25, 0.3) is 0 Å². The minimum Gasteiger partial charge on any atom is -0.486 e. The molecule has 5 nitrogen and oxygen atoms in total. The van der Waals surface area contributed by atoms with Gasteiger partial charge in [-0.1, -0.05) is 6.92 Å². The van der Waals surface area contributed by atoms with Gasteiger partial charge in [-0.3, -0.25) is 0 Å². The third-order valence-electron chi connectivity index (χ3n) is 2.99. The molecule has 1 aliphatic heterocycles. The first-order chi connectivity index (χ1) is 9.17. The average Bonchev–Trinajstić information content (AvgIpc) is 2.45. The molecule has 1 aromatic rings. The van der Waals surface area contributed by atoms with Crippen LogP contribution in [0.4, 0.5) is 0 Å². The Labute approximate surface area is 112 Å². The molecule has 104 valence electrons. The van der Waals surface area contributed by atoms with Gasteiger partial charge in [0.15, 0.2) is 17.6 Å². The molecule has 1 unspecified atom stereocenters. The molecule has 0 fully saturated rings. The Hall–Kier alpha value is -1.75. The van der Waals surface area contributed by atoms with E-state index in [4.69, 9.17) is 14.2 Å². The fourth-order valence-electron chi connectivity index (χ4n) is 2.06. The molecule has 0 saturated heterocycles. The second-order valence-electron chi connectivity index (χ2n) is 4.20. The van der Waals surface area contributed by atoms with Gasteiger partial charge in [0.25, 0.3) is 0 Å². The van der Waals surface area contributed by atoms with Crippen LogP contribution in [-0.4, -0.2) is 30.9 Å². The summed E-state index contributed by atoms with van der Waals surface area (Å²) in [6.45, 7) is 4.87. The maximum absolute atomic E-state index is 11.6. The van der Waals surface area contributed by atoms with Gasteiger partial charge in [-0.2, -0.15) is 0 Å². The second kappa shape index (κ2) is 5.93. The molecule has 0 aliphatic carbocycles. The molecule has 0 amide bonds. The number of ether oxygens (including phenoxy) is 3. The third kappa shape index (κ3) is 2.81. The molecule has 0 spiro atoms. The summed E-state index contributed by atoms with van der Waals surface area (Å²) in [6.07, 6.45) is -0.603. The van der Waals surface area contributed by atoms with Crippen molar-refractivity contribution in [3.05, 3.63) is 23.3 Å². The van der Waals surface area contributed by atoms with E-state index >= 15 is 0 Å². The van der Waals surface area contributed by atoms with Crippen LogP contribution in [0, 0.1) is 0 Å². The number of carbonyl (C=O) groups is 1. The molecule has 1 N–H and O–H groups in total. The van der Waals surface area contributed by atoms with Crippen molar-refractivity contribution in [2.45, 2.75) is 26.4 Å². The Bertz CT molecular complexity index is 469. The van der Waals surface area contributed by atoms with Gasteiger partial charge in [0.2, 0.25) is 0 Å². The highest BCUT2D eigenvalue weighted by Crippen LogP contribution is 2.36. The summed E-state index contributed by atoms with van der Waals surface area (Å²) in [6, 6.07) is 3.47. The van der Waals surface area contributed by atoms with Crippen LogP contribution < -0.4 is 9.47 Å². The molecule has 0 bridgehead atoms. The molecule has 1 atom stereocenters. The highest BCUT2D eigenvalue weighted by Gasteiger charge is 2.24. The van der Waals surface area contributed by atoms with Crippen LogP contribution >= 0.6 is 0 Å². The van der Waals surface area contributed by atoms with Gasteiger partial charge >= 0.3 is 5.97 Å². The number of hydrogen-bond acceptors (Lipinski definition) is 5. The van der Waals surface area contributed by atoms with Crippen LogP contribution in [0.2, 0.25) is 0 Å². The van der Waals surface area contributed by atoms with Crippen LogP contribution in [0.1, 0.15) is 31.1 Å². The molecule has 0 aromatic heterocycles. The molecule has 0 saturated carbocycles. The predicted octanol–water partition coefficient (Wildman–Crippen LogP) is 1.62. The van der Waals surface area contributed by atoms with Crippen molar-refractivity contribution in [1.82, 2.24) is 0 Å². The first-order valence-electron chi connectivity index (χ1n) is 6.44. The maximum atomic E-state index is 11.6. The van der Waals surface area contributed by atoms with E-state index in [1.807, 2.05) is 13.0 Å². The van der Waals surface area contributed by atoms with Crippen molar-refractivity contribution in [2.24, 2.45) is 0 Å². The lowest BCUT2D eigenvalue weighted by Crippen LogP contribution is -2.19. The second-order valence-corrected chi connectivity index (χ2v) is 4.20. The monoisotopic (exact) mass is 266 g/mol. The van der Waals surface area contributed by atoms with Gasteiger partial charge in [0, 0.05) is 0 Å². The standard InChI is InChI=1S/C14H18O5/c1-3-9-7-11-12(19-6-5-18-11)8-10(9)13(15)14(16)17-4-2/h7-8,13,15H,3-6H2,1-2H3. The number of rotatable bonds is 4. The molecular formula is C14H18O5. The summed E-state index contributed by atoms with van der Waals surface area (Å²) in [5, 5.41) is 10.1. The largest absolute Gasteiger partial charge is 0.486 e. The molecule has 19 heavy (non-hydrogen) atoms.